The normalized spacial score (nSPS) is 13.2. The molecule has 3 aromatic carbocycles. The summed E-state index contributed by atoms with van der Waals surface area (Å²) < 4.78 is 0. The van der Waals surface area contributed by atoms with E-state index in [0.29, 0.717) is 0 Å². The Morgan fingerprint density at radius 2 is 1.04 bits per heavy atom. The minimum atomic E-state index is -4.87. The van der Waals surface area contributed by atoms with E-state index in [9.17, 15) is 20.0 Å². The number of benzene rings is 3. The van der Waals surface area contributed by atoms with E-state index in [1.807, 2.05) is 0 Å². The predicted molar refractivity (Wildman–Crippen MR) is 92.9 cm³/mol. The zero-order chi connectivity index (χ0) is 16.5. The summed E-state index contributed by atoms with van der Waals surface area (Å²) in [6, 6.07) is 21.0. The summed E-state index contributed by atoms with van der Waals surface area (Å²) >= 11 is 0. The van der Waals surface area contributed by atoms with Crippen LogP contribution in [0.1, 0.15) is 0 Å². The number of para-hydroxylation sites is 1. The molecule has 0 saturated carbocycles. The van der Waals surface area contributed by atoms with Crippen LogP contribution in [0, 0.1) is 0 Å². The van der Waals surface area contributed by atoms with Gasteiger partial charge in [0.05, 0.1) is 0 Å². The summed E-state index contributed by atoms with van der Waals surface area (Å²) in [5, 5.41) is 20.6. The average molecular weight is 328 g/mol. The van der Waals surface area contributed by atoms with Crippen LogP contribution in [0.5, 0.6) is 11.5 Å². The van der Waals surface area contributed by atoms with Crippen LogP contribution in [0.2, 0.25) is 0 Å². The van der Waals surface area contributed by atoms with E-state index >= 15 is 0 Å². The standard InChI is InChI=1S/C18H17O4P/c19-16-12-7-13-17(18(16)20)23(21,22,14-8-3-1-4-9-14)15-10-5-2-6-11-15/h1-13,19-22H. The van der Waals surface area contributed by atoms with Crippen LogP contribution in [-0.2, 0) is 0 Å². The Morgan fingerprint density at radius 1 is 0.565 bits per heavy atom. The van der Waals surface area contributed by atoms with Gasteiger partial charge in [-0.25, -0.2) is 0 Å². The number of hydrogen-bond donors (Lipinski definition) is 4. The molecular weight excluding hydrogens is 311 g/mol. The second-order valence-electron chi connectivity index (χ2n) is 5.34. The molecule has 0 amide bonds. The zero-order valence-corrected chi connectivity index (χ0v) is 13.1. The molecule has 0 aliphatic heterocycles. The molecule has 4 nitrogen and oxygen atoms in total. The van der Waals surface area contributed by atoms with E-state index in [0.717, 1.165) is 0 Å². The first-order valence-electron chi connectivity index (χ1n) is 7.08. The van der Waals surface area contributed by atoms with Gasteiger partial charge in [-0.05, 0) is 0 Å². The van der Waals surface area contributed by atoms with Gasteiger partial charge in [-0.1, -0.05) is 0 Å². The van der Waals surface area contributed by atoms with Gasteiger partial charge in [0, 0.05) is 0 Å². The van der Waals surface area contributed by atoms with Gasteiger partial charge in [-0.15, -0.1) is 0 Å². The first-order valence-corrected chi connectivity index (χ1v) is 9.23. The number of phenols is 2. The number of hydrogen-bond acceptors (Lipinski definition) is 4. The van der Waals surface area contributed by atoms with Gasteiger partial charge in [-0.2, -0.15) is 0 Å². The number of phenolic OH excluding ortho intramolecular Hbond substituents is 2. The van der Waals surface area contributed by atoms with Crippen molar-refractivity contribution in [2.75, 3.05) is 0 Å². The molecule has 0 aromatic heterocycles. The SMILES string of the molecule is Oc1cccc(P(O)(O)(c2ccccc2)c2ccccc2)c1O. The molecule has 3 rings (SSSR count). The molecule has 5 heteroatoms. The van der Waals surface area contributed by atoms with Gasteiger partial charge in [0.25, 0.3) is 0 Å². The van der Waals surface area contributed by atoms with Gasteiger partial charge < -0.3 is 0 Å². The number of aromatic hydroxyl groups is 2. The van der Waals surface area contributed by atoms with E-state index in [1.54, 1.807) is 60.7 Å². The van der Waals surface area contributed by atoms with Gasteiger partial charge in [-0.3, -0.25) is 0 Å². The maximum atomic E-state index is 11.6. The fourth-order valence-electron chi connectivity index (χ4n) is 2.71. The molecule has 0 atom stereocenters. The molecule has 0 aliphatic carbocycles. The van der Waals surface area contributed by atoms with Crippen LogP contribution < -0.4 is 15.9 Å². The van der Waals surface area contributed by atoms with Gasteiger partial charge >= 0.3 is 133 Å². The third-order valence-electron chi connectivity index (χ3n) is 3.94. The van der Waals surface area contributed by atoms with E-state index in [2.05, 4.69) is 0 Å². The zero-order valence-electron chi connectivity index (χ0n) is 12.2. The van der Waals surface area contributed by atoms with E-state index in [-0.39, 0.29) is 15.9 Å². The van der Waals surface area contributed by atoms with Crippen molar-refractivity contribution in [1.82, 2.24) is 0 Å². The Morgan fingerprint density at radius 3 is 1.52 bits per heavy atom. The van der Waals surface area contributed by atoms with Crippen molar-refractivity contribution < 1.29 is 20.0 Å². The van der Waals surface area contributed by atoms with Crippen LogP contribution >= 0.6 is 7.06 Å². The predicted octanol–water partition coefficient (Wildman–Crippen LogP) is 1.74. The van der Waals surface area contributed by atoms with Gasteiger partial charge in [0.1, 0.15) is 0 Å². The van der Waals surface area contributed by atoms with Crippen molar-refractivity contribution in [3.63, 3.8) is 0 Å². The average Bonchev–Trinajstić information content (AvgIpc) is 2.59. The topological polar surface area (TPSA) is 80.9 Å². The Bertz CT molecular complexity index is 789. The third-order valence-corrected chi connectivity index (χ3v) is 7.77. The molecule has 3 aromatic rings. The molecule has 0 radical (unpaired) electrons. The van der Waals surface area contributed by atoms with Crippen molar-refractivity contribution >= 4 is 23.0 Å². The number of rotatable bonds is 3. The fraction of sp³-hybridized carbons (Fsp3) is 0. The van der Waals surface area contributed by atoms with Gasteiger partial charge in [0.15, 0.2) is 0 Å². The summed E-state index contributed by atoms with van der Waals surface area (Å²) in [7, 11) is -4.87. The Balaban J connectivity index is 2.43. The molecule has 0 unspecified atom stereocenters. The molecular formula is C18H17O4P. The second-order valence-corrected chi connectivity index (χ2v) is 8.91. The maximum absolute atomic E-state index is 11.6. The van der Waals surface area contributed by atoms with Crippen LogP contribution in [0.15, 0.2) is 78.9 Å². The van der Waals surface area contributed by atoms with Crippen molar-refractivity contribution in [3.8, 4) is 11.5 Å². The molecule has 0 bridgehead atoms. The molecule has 0 heterocycles. The summed E-state index contributed by atoms with van der Waals surface area (Å²) in [4.78, 5) is 23.2. The van der Waals surface area contributed by atoms with E-state index in [1.165, 1.54) is 18.2 Å². The van der Waals surface area contributed by atoms with Crippen LogP contribution in [0.25, 0.3) is 0 Å². The van der Waals surface area contributed by atoms with Crippen molar-refractivity contribution in [2.45, 2.75) is 0 Å². The fourth-order valence-corrected chi connectivity index (χ4v) is 5.92. The molecule has 4 N–H and O–H groups in total. The third kappa shape index (κ3) is 2.28. The van der Waals surface area contributed by atoms with Crippen molar-refractivity contribution in [2.24, 2.45) is 0 Å². The molecule has 0 saturated heterocycles. The Kier molecular flexibility index (Phi) is 3.61. The van der Waals surface area contributed by atoms with Crippen LogP contribution in [0.3, 0.4) is 0 Å². The van der Waals surface area contributed by atoms with Crippen molar-refractivity contribution in [3.05, 3.63) is 78.9 Å². The van der Waals surface area contributed by atoms with Gasteiger partial charge in [0.2, 0.25) is 0 Å². The quantitative estimate of drug-likeness (QED) is 0.436. The summed E-state index contributed by atoms with van der Waals surface area (Å²) in [6.07, 6.45) is 0. The first kappa shape index (κ1) is 15.5. The van der Waals surface area contributed by atoms with Crippen LogP contribution in [0.4, 0.5) is 0 Å². The molecule has 0 spiro atoms. The molecule has 118 valence electrons. The summed E-state index contributed by atoms with van der Waals surface area (Å²) in [6.45, 7) is 0. The van der Waals surface area contributed by atoms with E-state index in [4.69, 9.17) is 0 Å². The summed E-state index contributed by atoms with van der Waals surface area (Å²) in [5.74, 6) is -0.922. The van der Waals surface area contributed by atoms with Crippen LogP contribution in [-0.4, -0.2) is 20.0 Å². The molecule has 23 heavy (non-hydrogen) atoms. The molecule has 0 aliphatic rings. The summed E-state index contributed by atoms with van der Waals surface area (Å²) in [5.41, 5.74) is 0. The monoisotopic (exact) mass is 328 g/mol. The first-order chi connectivity index (χ1) is 10.9. The Labute approximate surface area is 134 Å². The second kappa shape index (κ2) is 5.36. The Hall–Kier alpha value is -2.39. The molecule has 0 fully saturated rings. The van der Waals surface area contributed by atoms with Crippen molar-refractivity contribution in [1.29, 1.82) is 0 Å². The minimum absolute atomic E-state index is 0.0894. The van der Waals surface area contributed by atoms with E-state index < -0.39 is 18.6 Å².